The second-order valence-corrected chi connectivity index (χ2v) is 7.18. The second kappa shape index (κ2) is 9.14. The van der Waals surface area contributed by atoms with Crippen molar-refractivity contribution in [2.45, 2.75) is 24.8 Å². The van der Waals surface area contributed by atoms with Crippen molar-refractivity contribution in [3.63, 3.8) is 0 Å². The molecule has 11 heteroatoms. The molecule has 0 radical (unpaired) electrons. The number of carbonyl (C=O) groups excluding carboxylic acids is 1. The number of rotatable bonds is 10. The number of anilines is 1. The number of furan rings is 1. The van der Waals surface area contributed by atoms with E-state index in [1.54, 1.807) is 19.1 Å². The van der Waals surface area contributed by atoms with Gasteiger partial charge in [-0.25, -0.2) is 8.42 Å². The summed E-state index contributed by atoms with van der Waals surface area (Å²) < 4.78 is 36.5. The van der Waals surface area contributed by atoms with Crippen LogP contribution in [0.2, 0.25) is 0 Å². The van der Waals surface area contributed by atoms with Gasteiger partial charge in [-0.05, 0) is 30.7 Å². The first-order chi connectivity index (χ1) is 12.8. The summed E-state index contributed by atoms with van der Waals surface area (Å²) in [5.41, 5.74) is -0.282. The van der Waals surface area contributed by atoms with Crippen LogP contribution in [0, 0.1) is 10.1 Å². The van der Waals surface area contributed by atoms with Gasteiger partial charge in [-0.3, -0.25) is 14.9 Å². The Morgan fingerprint density at radius 1 is 1.33 bits per heavy atom. The first kappa shape index (κ1) is 20.4. The molecule has 0 spiro atoms. The summed E-state index contributed by atoms with van der Waals surface area (Å²) in [6.07, 6.45) is 2.08. The Bertz CT molecular complexity index is 895. The van der Waals surface area contributed by atoms with Crippen molar-refractivity contribution >= 4 is 27.4 Å². The lowest BCUT2D eigenvalue weighted by molar-refractivity contribution is -0.384. The predicted molar refractivity (Wildman–Crippen MR) is 95.6 cm³/mol. The summed E-state index contributed by atoms with van der Waals surface area (Å²) in [4.78, 5) is 21.7. The fraction of sp³-hybridized carbons (Fsp3) is 0.312. The number of ether oxygens (including phenoxy) is 1. The van der Waals surface area contributed by atoms with E-state index in [0.29, 0.717) is 12.2 Å². The number of nitrogens with one attached hydrogen (secondary N) is 2. The molecule has 0 bridgehead atoms. The van der Waals surface area contributed by atoms with Crippen LogP contribution in [0.15, 0.2) is 45.9 Å². The molecule has 1 aromatic carbocycles. The largest absolute Gasteiger partial charge is 0.467 e. The number of esters is 1. The molecule has 0 saturated carbocycles. The number of nitro groups is 1. The average molecular weight is 397 g/mol. The van der Waals surface area contributed by atoms with E-state index in [-0.39, 0.29) is 23.7 Å². The van der Waals surface area contributed by atoms with Crippen LogP contribution in [0.25, 0.3) is 0 Å². The summed E-state index contributed by atoms with van der Waals surface area (Å²) in [6.45, 7) is 1.62. The minimum Gasteiger partial charge on any atom is -0.467 e. The fourth-order valence-electron chi connectivity index (χ4n) is 2.08. The summed E-state index contributed by atoms with van der Waals surface area (Å²) in [5, 5.41) is 14.1. The monoisotopic (exact) mass is 397 g/mol. The van der Waals surface area contributed by atoms with Crippen LogP contribution in [-0.4, -0.2) is 32.5 Å². The Morgan fingerprint density at radius 3 is 2.74 bits per heavy atom. The van der Waals surface area contributed by atoms with Crippen molar-refractivity contribution in [1.29, 1.82) is 0 Å². The quantitative estimate of drug-likeness (QED) is 0.352. The SMILES string of the molecule is CCCOC(=O)CNS(=O)(=O)c1ccc(NCc2ccco2)c([N+](=O)[O-])c1. The van der Waals surface area contributed by atoms with E-state index >= 15 is 0 Å². The molecule has 146 valence electrons. The Kier molecular flexibility index (Phi) is 6.91. The first-order valence-corrected chi connectivity index (χ1v) is 9.51. The van der Waals surface area contributed by atoms with Crippen LogP contribution >= 0.6 is 0 Å². The lowest BCUT2D eigenvalue weighted by Gasteiger charge is -2.09. The highest BCUT2D eigenvalue weighted by Crippen LogP contribution is 2.28. The standard InChI is InChI=1S/C16H19N3O7S/c1-2-7-26-16(20)11-18-27(23,24)13-5-6-14(15(9-13)19(21)22)17-10-12-4-3-8-25-12/h3-6,8-9,17-18H,2,7,10-11H2,1H3. The van der Waals surface area contributed by atoms with E-state index < -0.39 is 33.1 Å². The zero-order valence-electron chi connectivity index (χ0n) is 14.5. The molecule has 10 nitrogen and oxygen atoms in total. The van der Waals surface area contributed by atoms with Crippen molar-refractivity contribution < 1.29 is 27.3 Å². The molecule has 0 aliphatic rings. The van der Waals surface area contributed by atoms with Crippen LogP contribution < -0.4 is 10.0 Å². The highest BCUT2D eigenvalue weighted by molar-refractivity contribution is 7.89. The van der Waals surface area contributed by atoms with E-state index in [4.69, 9.17) is 9.15 Å². The van der Waals surface area contributed by atoms with Gasteiger partial charge in [0.2, 0.25) is 10.0 Å². The van der Waals surface area contributed by atoms with Crippen LogP contribution in [0.5, 0.6) is 0 Å². The molecule has 0 atom stereocenters. The molecule has 0 aliphatic heterocycles. The van der Waals surface area contributed by atoms with Crippen molar-refractivity contribution in [2.24, 2.45) is 0 Å². The molecule has 27 heavy (non-hydrogen) atoms. The van der Waals surface area contributed by atoms with Gasteiger partial charge in [-0.15, -0.1) is 0 Å². The molecule has 2 N–H and O–H groups in total. The molecular weight excluding hydrogens is 378 g/mol. The molecule has 1 heterocycles. The number of carbonyl (C=O) groups is 1. The van der Waals surface area contributed by atoms with E-state index in [1.165, 1.54) is 18.4 Å². The molecule has 0 aliphatic carbocycles. The number of hydrogen-bond donors (Lipinski definition) is 2. The highest BCUT2D eigenvalue weighted by Gasteiger charge is 2.22. The van der Waals surface area contributed by atoms with Crippen LogP contribution in [0.1, 0.15) is 19.1 Å². The third-order valence-electron chi connectivity index (χ3n) is 3.38. The van der Waals surface area contributed by atoms with E-state index in [2.05, 4.69) is 10.0 Å². The van der Waals surface area contributed by atoms with Gasteiger partial charge in [0, 0.05) is 6.07 Å². The van der Waals surface area contributed by atoms with Gasteiger partial charge in [0.1, 0.15) is 18.0 Å². The third-order valence-corrected chi connectivity index (χ3v) is 4.78. The van der Waals surface area contributed by atoms with Crippen molar-refractivity contribution in [1.82, 2.24) is 4.72 Å². The maximum absolute atomic E-state index is 12.3. The molecule has 2 rings (SSSR count). The molecule has 0 amide bonds. The normalized spacial score (nSPS) is 11.1. The summed E-state index contributed by atoms with van der Waals surface area (Å²) in [7, 11) is -4.11. The molecule has 1 aromatic heterocycles. The second-order valence-electron chi connectivity index (χ2n) is 5.41. The van der Waals surface area contributed by atoms with E-state index in [9.17, 15) is 23.3 Å². The number of nitrogens with zero attached hydrogens (tertiary/aromatic N) is 1. The predicted octanol–water partition coefficient (Wildman–Crippen LogP) is 2.03. The zero-order valence-corrected chi connectivity index (χ0v) is 15.3. The minimum absolute atomic E-state index is 0.137. The van der Waals surface area contributed by atoms with Gasteiger partial charge in [0.05, 0.1) is 29.2 Å². The Hall–Kier alpha value is -2.92. The summed E-state index contributed by atoms with van der Waals surface area (Å²) >= 11 is 0. The van der Waals surface area contributed by atoms with Gasteiger partial charge in [-0.2, -0.15) is 4.72 Å². The number of sulfonamides is 1. The number of benzene rings is 1. The van der Waals surface area contributed by atoms with Crippen LogP contribution in [0.4, 0.5) is 11.4 Å². The summed E-state index contributed by atoms with van der Waals surface area (Å²) in [5.74, 6) is -0.167. The summed E-state index contributed by atoms with van der Waals surface area (Å²) in [6, 6.07) is 6.78. The smallest absolute Gasteiger partial charge is 0.321 e. The molecule has 2 aromatic rings. The van der Waals surface area contributed by atoms with Crippen molar-refractivity contribution in [2.75, 3.05) is 18.5 Å². The van der Waals surface area contributed by atoms with Crippen molar-refractivity contribution in [3.8, 4) is 0 Å². The zero-order chi connectivity index (χ0) is 19.9. The Morgan fingerprint density at radius 2 is 2.11 bits per heavy atom. The Labute approximate surface area is 155 Å². The third kappa shape index (κ3) is 5.79. The first-order valence-electron chi connectivity index (χ1n) is 8.03. The number of hydrogen-bond acceptors (Lipinski definition) is 8. The van der Waals surface area contributed by atoms with Crippen LogP contribution in [-0.2, 0) is 26.1 Å². The molecule has 0 unspecified atom stereocenters. The average Bonchev–Trinajstić information content (AvgIpc) is 3.16. The molecule has 0 saturated heterocycles. The molecular formula is C16H19N3O7S. The van der Waals surface area contributed by atoms with Crippen LogP contribution in [0.3, 0.4) is 0 Å². The van der Waals surface area contributed by atoms with Gasteiger partial charge in [0.25, 0.3) is 5.69 Å². The lowest BCUT2D eigenvalue weighted by atomic mass is 10.2. The lowest BCUT2D eigenvalue weighted by Crippen LogP contribution is -2.30. The highest BCUT2D eigenvalue weighted by atomic mass is 32.2. The minimum atomic E-state index is -4.11. The maximum Gasteiger partial charge on any atom is 0.321 e. The molecule has 0 fully saturated rings. The van der Waals surface area contributed by atoms with E-state index in [0.717, 1.165) is 6.07 Å². The topological polar surface area (TPSA) is 141 Å². The van der Waals surface area contributed by atoms with Gasteiger partial charge >= 0.3 is 5.97 Å². The van der Waals surface area contributed by atoms with E-state index in [1.807, 2.05) is 0 Å². The fourth-order valence-corrected chi connectivity index (χ4v) is 3.07. The van der Waals surface area contributed by atoms with Gasteiger partial charge in [0.15, 0.2) is 0 Å². The number of nitro benzene ring substituents is 1. The van der Waals surface area contributed by atoms with Gasteiger partial charge < -0.3 is 14.5 Å². The maximum atomic E-state index is 12.3. The van der Waals surface area contributed by atoms with Crippen molar-refractivity contribution in [3.05, 3.63) is 52.5 Å². The van der Waals surface area contributed by atoms with Gasteiger partial charge in [-0.1, -0.05) is 6.92 Å². The Balaban J connectivity index is 2.13.